The van der Waals surface area contributed by atoms with Gasteiger partial charge in [0.25, 0.3) is 5.91 Å². The zero-order valence-electron chi connectivity index (χ0n) is 29.9. The summed E-state index contributed by atoms with van der Waals surface area (Å²) in [7, 11) is 0. The number of carbonyl (C=O) groups excluding carboxylic acids is 1. The van der Waals surface area contributed by atoms with Crippen LogP contribution in [0.4, 0.5) is 5.69 Å². The summed E-state index contributed by atoms with van der Waals surface area (Å²) in [6.07, 6.45) is -0.301. The summed E-state index contributed by atoms with van der Waals surface area (Å²) in [4.78, 5) is 23.4. The van der Waals surface area contributed by atoms with Gasteiger partial charge in [-0.1, -0.05) is 133 Å². The topological polar surface area (TPSA) is 141 Å². The minimum absolute atomic E-state index is 0.0397. The van der Waals surface area contributed by atoms with Gasteiger partial charge in [0.05, 0.1) is 12.6 Å². The predicted molar refractivity (Wildman–Crippen MR) is 213 cm³/mol. The van der Waals surface area contributed by atoms with Crippen molar-refractivity contribution in [2.75, 3.05) is 13.2 Å². The van der Waals surface area contributed by atoms with Crippen LogP contribution < -0.4 is 15.6 Å². The fraction of sp³-hybridized carbons (Fsp3) is 0.156. The van der Waals surface area contributed by atoms with Crippen LogP contribution in [0.2, 0.25) is 0 Å². The maximum absolute atomic E-state index is 15.2. The van der Waals surface area contributed by atoms with Gasteiger partial charge in [0, 0.05) is 35.6 Å². The van der Waals surface area contributed by atoms with E-state index >= 15 is 4.79 Å². The summed E-state index contributed by atoms with van der Waals surface area (Å²) < 4.78 is 12.6. The van der Waals surface area contributed by atoms with Crippen molar-refractivity contribution >= 4 is 17.5 Å². The number of hydrazine groups is 1. The van der Waals surface area contributed by atoms with Crippen molar-refractivity contribution in [1.82, 2.24) is 10.9 Å². The molecule has 0 fully saturated rings. The van der Waals surface area contributed by atoms with Crippen LogP contribution in [0.25, 0.3) is 32.7 Å². The Labute approximate surface area is 318 Å². The van der Waals surface area contributed by atoms with Gasteiger partial charge in [0.15, 0.2) is 11.6 Å². The van der Waals surface area contributed by atoms with Gasteiger partial charge in [-0.3, -0.25) is 10.2 Å². The number of hydrogen-bond donors (Lipinski definition) is 3. The number of fused-ring (bicyclic) bond motifs is 3. The molecule has 1 aliphatic carbocycles. The SMILES string of the molecule is [N-]=[N+]=Nc1ccccc1C[C@]1(C(=O)NNC2c3ccccc3-c3ccccc32)N=C(c2ccc(OCCCO)cc2)O[C@H]1c1ccc(-c2ccccc2)cc1. The molecule has 1 heterocycles. The molecule has 0 saturated heterocycles. The Balaban J connectivity index is 1.22. The molecule has 10 nitrogen and oxygen atoms in total. The fourth-order valence-electron chi connectivity index (χ4n) is 7.42. The molecule has 55 heavy (non-hydrogen) atoms. The van der Waals surface area contributed by atoms with E-state index < -0.39 is 17.6 Å². The molecule has 0 unspecified atom stereocenters. The molecular weight excluding hydrogens is 689 g/mol. The molecule has 1 amide bonds. The normalized spacial score (nSPS) is 17.0. The third-order valence-corrected chi connectivity index (χ3v) is 10.1. The second-order valence-electron chi connectivity index (χ2n) is 13.5. The van der Waals surface area contributed by atoms with Crippen LogP contribution >= 0.6 is 0 Å². The first-order valence-electron chi connectivity index (χ1n) is 18.2. The fourth-order valence-corrected chi connectivity index (χ4v) is 7.42. The molecule has 0 aromatic heterocycles. The number of aliphatic hydroxyl groups excluding tert-OH is 1. The minimum atomic E-state index is -1.56. The Hall–Kier alpha value is -6.71. The number of aliphatic imine (C=N–C) groups is 1. The predicted octanol–water partition coefficient (Wildman–Crippen LogP) is 8.95. The lowest BCUT2D eigenvalue weighted by molar-refractivity contribution is -0.130. The standard InChI is InChI=1S/C45H38N6O4/c46-51-48-40-18-9-4-13-34(40)29-45(44(53)50-49-41-38-16-7-5-14-36(38)37-15-6-8-17-39(37)41)42(32-21-19-31(20-22-32)30-11-2-1-3-12-30)55-43(47-45)33-23-25-35(26-24-33)54-28-10-27-52/h1-9,11-26,41-42,49,52H,10,27-29H2,(H,50,53)/t42-,45-/m0/s1. The van der Waals surface area contributed by atoms with E-state index in [4.69, 9.17) is 14.5 Å². The Bertz CT molecular complexity index is 2350. The van der Waals surface area contributed by atoms with Crippen LogP contribution in [0.15, 0.2) is 162 Å². The number of nitrogens with zero attached hydrogens (tertiary/aromatic N) is 4. The Morgan fingerprint density at radius 3 is 2.09 bits per heavy atom. The lowest BCUT2D eigenvalue weighted by Gasteiger charge is -2.32. The van der Waals surface area contributed by atoms with Crippen molar-refractivity contribution in [2.24, 2.45) is 10.1 Å². The molecule has 0 radical (unpaired) electrons. The summed E-state index contributed by atoms with van der Waals surface area (Å²) in [5.74, 6) is 0.505. The molecule has 8 rings (SSSR count). The Morgan fingerprint density at radius 2 is 1.40 bits per heavy atom. The van der Waals surface area contributed by atoms with E-state index in [2.05, 4.69) is 57.3 Å². The van der Waals surface area contributed by atoms with Gasteiger partial charge in [-0.2, -0.15) is 0 Å². The Morgan fingerprint density at radius 1 is 0.782 bits per heavy atom. The molecule has 1 aliphatic heterocycles. The van der Waals surface area contributed by atoms with E-state index in [1.807, 2.05) is 103 Å². The van der Waals surface area contributed by atoms with Crippen LogP contribution in [0.1, 0.15) is 46.4 Å². The van der Waals surface area contributed by atoms with E-state index in [1.54, 1.807) is 12.1 Å². The lowest BCUT2D eigenvalue weighted by atomic mass is 9.81. The van der Waals surface area contributed by atoms with Crippen LogP contribution in [0.5, 0.6) is 5.75 Å². The van der Waals surface area contributed by atoms with Crippen LogP contribution in [0, 0.1) is 0 Å². The van der Waals surface area contributed by atoms with Crippen molar-refractivity contribution in [3.63, 3.8) is 0 Å². The zero-order chi connectivity index (χ0) is 37.6. The molecule has 10 heteroatoms. The zero-order valence-corrected chi connectivity index (χ0v) is 29.9. The first-order chi connectivity index (χ1) is 27.1. The number of benzene rings is 6. The van der Waals surface area contributed by atoms with Crippen LogP contribution in [0.3, 0.4) is 0 Å². The number of hydrogen-bond acceptors (Lipinski definition) is 7. The lowest BCUT2D eigenvalue weighted by Crippen LogP contribution is -2.54. The number of azide groups is 1. The van der Waals surface area contributed by atoms with Crippen molar-refractivity contribution in [1.29, 1.82) is 0 Å². The highest BCUT2D eigenvalue weighted by atomic mass is 16.5. The first kappa shape index (κ1) is 35.3. The van der Waals surface area contributed by atoms with E-state index in [1.165, 1.54) is 0 Å². The van der Waals surface area contributed by atoms with E-state index in [0.29, 0.717) is 35.6 Å². The van der Waals surface area contributed by atoms with Gasteiger partial charge in [-0.25, -0.2) is 10.4 Å². The first-order valence-corrected chi connectivity index (χ1v) is 18.2. The molecule has 0 saturated carbocycles. The maximum atomic E-state index is 15.2. The van der Waals surface area contributed by atoms with Gasteiger partial charge in [0.1, 0.15) is 5.75 Å². The van der Waals surface area contributed by atoms with E-state index in [0.717, 1.165) is 38.9 Å². The van der Waals surface area contributed by atoms with E-state index in [-0.39, 0.29) is 25.0 Å². The third-order valence-electron chi connectivity index (χ3n) is 10.1. The highest BCUT2D eigenvalue weighted by molar-refractivity contribution is 6.01. The number of rotatable bonds is 13. The molecule has 272 valence electrons. The van der Waals surface area contributed by atoms with Gasteiger partial charge in [-0.05, 0) is 74.3 Å². The number of amides is 1. The molecule has 6 aromatic rings. The summed E-state index contributed by atoms with van der Waals surface area (Å²) in [6.45, 7) is 0.420. The van der Waals surface area contributed by atoms with Gasteiger partial charge >= 0.3 is 0 Å². The second kappa shape index (κ2) is 15.7. The number of aliphatic hydroxyl groups is 1. The largest absolute Gasteiger partial charge is 0.494 e. The van der Waals surface area contributed by atoms with Crippen molar-refractivity contribution in [3.05, 3.63) is 190 Å². The maximum Gasteiger partial charge on any atom is 0.266 e. The van der Waals surface area contributed by atoms with E-state index in [9.17, 15) is 10.6 Å². The summed E-state index contributed by atoms with van der Waals surface area (Å²) in [6, 6.07) is 48.6. The van der Waals surface area contributed by atoms with Crippen molar-refractivity contribution < 1.29 is 19.4 Å². The number of nitrogens with one attached hydrogen (secondary N) is 2. The molecular formula is C45H38N6O4. The highest BCUT2D eigenvalue weighted by Crippen LogP contribution is 2.45. The number of ether oxygens (including phenoxy) is 2. The van der Waals surface area contributed by atoms with Crippen LogP contribution in [-0.2, 0) is 16.0 Å². The molecule has 6 aromatic carbocycles. The molecule has 2 aliphatic rings. The molecule has 3 N–H and O–H groups in total. The Kier molecular flexibility index (Phi) is 10.1. The number of carbonyl (C=O) groups is 1. The second-order valence-corrected chi connectivity index (χ2v) is 13.5. The van der Waals surface area contributed by atoms with Crippen molar-refractivity contribution in [3.8, 4) is 28.0 Å². The average molecular weight is 727 g/mol. The third kappa shape index (κ3) is 7.05. The van der Waals surface area contributed by atoms with Gasteiger partial charge in [-0.15, -0.1) is 0 Å². The van der Waals surface area contributed by atoms with Gasteiger partial charge in [0.2, 0.25) is 5.90 Å². The van der Waals surface area contributed by atoms with Crippen molar-refractivity contribution in [2.45, 2.75) is 30.5 Å². The smallest absolute Gasteiger partial charge is 0.266 e. The van der Waals surface area contributed by atoms with Gasteiger partial charge < -0.3 is 14.6 Å². The summed E-state index contributed by atoms with van der Waals surface area (Å²) in [5.41, 5.74) is 23.2. The summed E-state index contributed by atoms with van der Waals surface area (Å²) >= 11 is 0. The highest BCUT2D eigenvalue weighted by Gasteiger charge is 2.54. The summed E-state index contributed by atoms with van der Waals surface area (Å²) in [5, 5.41) is 13.2. The average Bonchev–Trinajstić information content (AvgIpc) is 3.78. The molecule has 0 spiro atoms. The quantitative estimate of drug-likeness (QED) is 0.0358. The monoisotopic (exact) mass is 726 g/mol. The molecule has 2 atom stereocenters. The minimum Gasteiger partial charge on any atom is -0.494 e. The van der Waals surface area contributed by atoms with Crippen LogP contribution in [-0.4, -0.2) is 35.7 Å². The molecule has 0 bridgehead atoms.